The number of furan rings is 1. The molecule has 0 saturated heterocycles. The fourth-order valence-electron chi connectivity index (χ4n) is 2.34. The molecule has 6 heteroatoms. The summed E-state index contributed by atoms with van der Waals surface area (Å²) in [6, 6.07) is 16.0. The maximum atomic E-state index is 13.7. The number of nitrogens with one attached hydrogen (secondary N) is 2. The number of amides is 2. The Hall–Kier alpha value is -3.41. The number of hydrogen-bond acceptors (Lipinski definition) is 3. The minimum Gasteiger partial charge on any atom is -0.451 e. The molecule has 0 aliphatic rings. The molecular weight excluding hydrogens is 323 g/mol. The van der Waals surface area contributed by atoms with Gasteiger partial charge in [-0.05, 0) is 42.8 Å². The van der Waals surface area contributed by atoms with Gasteiger partial charge in [-0.15, -0.1) is 0 Å². The second-order valence-electron chi connectivity index (χ2n) is 5.37. The van der Waals surface area contributed by atoms with Crippen LogP contribution in [0.25, 0.3) is 11.3 Å². The first kappa shape index (κ1) is 16.4. The molecule has 0 aliphatic heterocycles. The number of aryl methyl sites for hydroxylation is 1. The van der Waals surface area contributed by atoms with Gasteiger partial charge in [0.25, 0.3) is 5.91 Å². The Balaban J connectivity index is 1.68. The first-order chi connectivity index (χ1) is 12.1. The van der Waals surface area contributed by atoms with Crippen LogP contribution >= 0.6 is 0 Å². The fourth-order valence-corrected chi connectivity index (χ4v) is 2.34. The molecule has 5 nitrogen and oxygen atoms in total. The molecule has 126 valence electrons. The third-order valence-electron chi connectivity index (χ3n) is 3.65. The minimum atomic E-state index is -0.635. The molecule has 1 heterocycles. The molecule has 2 amide bonds. The van der Waals surface area contributed by atoms with Crippen LogP contribution in [0.5, 0.6) is 0 Å². The van der Waals surface area contributed by atoms with Crippen LogP contribution in [0.3, 0.4) is 0 Å². The van der Waals surface area contributed by atoms with Crippen molar-refractivity contribution in [1.29, 1.82) is 0 Å². The molecule has 25 heavy (non-hydrogen) atoms. The first-order valence-corrected chi connectivity index (χ1v) is 7.57. The van der Waals surface area contributed by atoms with Gasteiger partial charge in [-0.25, -0.2) is 4.39 Å². The monoisotopic (exact) mass is 338 g/mol. The van der Waals surface area contributed by atoms with Crippen molar-refractivity contribution in [3.05, 3.63) is 83.4 Å². The Labute approximate surface area is 143 Å². The summed E-state index contributed by atoms with van der Waals surface area (Å²) in [4.78, 5) is 24.1. The minimum absolute atomic E-state index is 0.0386. The van der Waals surface area contributed by atoms with E-state index in [9.17, 15) is 14.0 Å². The van der Waals surface area contributed by atoms with Gasteiger partial charge in [-0.3, -0.25) is 20.4 Å². The normalized spacial score (nSPS) is 10.3. The predicted molar refractivity (Wildman–Crippen MR) is 90.2 cm³/mol. The number of carbonyl (C=O) groups excluding carboxylic acids is 2. The van der Waals surface area contributed by atoms with Crippen molar-refractivity contribution in [3.8, 4) is 11.3 Å². The summed E-state index contributed by atoms with van der Waals surface area (Å²) in [7, 11) is 0. The highest BCUT2D eigenvalue weighted by Crippen LogP contribution is 2.24. The highest BCUT2D eigenvalue weighted by atomic mass is 19.1. The van der Waals surface area contributed by atoms with E-state index in [0.29, 0.717) is 5.56 Å². The SMILES string of the molecule is Cc1ccccc1C(=O)NNC(=O)c1ccc(-c2ccccc2F)o1. The van der Waals surface area contributed by atoms with Crippen LogP contribution in [0.2, 0.25) is 0 Å². The largest absolute Gasteiger partial charge is 0.451 e. The summed E-state index contributed by atoms with van der Waals surface area (Å²) in [6.45, 7) is 1.80. The molecule has 0 aliphatic carbocycles. The maximum absolute atomic E-state index is 13.7. The number of rotatable bonds is 3. The molecule has 3 rings (SSSR count). The van der Waals surface area contributed by atoms with Crippen molar-refractivity contribution >= 4 is 11.8 Å². The van der Waals surface area contributed by atoms with E-state index in [0.717, 1.165) is 5.56 Å². The Morgan fingerprint density at radius 3 is 2.32 bits per heavy atom. The van der Waals surface area contributed by atoms with Gasteiger partial charge in [0, 0.05) is 5.56 Å². The lowest BCUT2D eigenvalue weighted by Crippen LogP contribution is -2.41. The van der Waals surface area contributed by atoms with Crippen LogP contribution in [0, 0.1) is 12.7 Å². The van der Waals surface area contributed by atoms with Gasteiger partial charge in [0.15, 0.2) is 5.76 Å². The molecule has 2 N–H and O–H groups in total. The Morgan fingerprint density at radius 2 is 1.56 bits per heavy atom. The van der Waals surface area contributed by atoms with Crippen molar-refractivity contribution in [3.63, 3.8) is 0 Å². The van der Waals surface area contributed by atoms with E-state index in [1.807, 2.05) is 6.07 Å². The maximum Gasteiger partial charge on any atom is 0.305 e. The summed E-state index contributed by atoms with van der Waals surface area (Å²) in [5.41, 5.74) is 6.10. The smallest absolute Gasteiger partial charge is 0.305 e. The van der Waals surface area contributed by atoms with Gasteiger partial charge in [0.1, 0.15) is 11.6 Å². The molecule has 3 aromatic rings. The van der Waals surface area contributed by atoms with Crippen LogP contribution in [0.1, 0.15) is 26.5 Å². The average molecular weight is 338 g/mol. The lowest BCUT2D eigenvalue weighted by Gasteiger charge is -2.07. The molecule has 0 bridgehead atoms. The van der Waals surface area contributed by atoms with Crippen molar-refractivity contribution in [2.75, 3.05) is 0 Å². The molecule has 0 saturated carbocycles. The quantitative estimate of drug-likeness (QED) is 0.718. The Morgan fingerprint density at radius 1 is 0.880 bits per heavy atom. The topological polar surface area (TPSA) is 71.3 Å². The van der Waals surface area contributed by atoms with Crippen LogP contribution < -0.4 is 10.9 Å². The van der Waals surface area contributed by atoms with Crippen LogP contribution in [-0.4, -0.2) is 11.8 Å². The van der Waals surface area contributed by atoms with E-state index in [-0.39, 0.29) is 17.1 Å². The lowest BCUT2D eigenvalue weighted by atomic mass is 10.1. The lowest BCUT2D eigenvalue weighted by molar-refractivity contribution is 0.0831. The highest BCUT2D eigenvalue weighted by Gasteiger charge is 2.15. The molecule has 0 atom stereocenters. The zero-order chi connectivity index (χ0) is 17.8. The van der Waals surface area contributed by atoms with E-state index in [1.54, 1.807) is 43.3 Å². The standard InChI is InChI=1S/C19H15FN2O3/c1-12-6-2-3-7-13(12)18(23)21-22-19(24)17-11-10-16(25-17)14-8-4-5-9-15(14)20/h2-11H,1H3,(H,21,23)(H,22,24). The van der Waals surface area contributed by atoms with Gasteiger partial charge in [-0.2, -0.15) is 0 Å². The zero-order valence-corrected chi connectivity index (χ0v) is 13.4. The predicted octanol–water partition coefficient (Wildman–Crippen LogP) is 3.47. The average Bonchev–Trinajstić information content (AvgIpc) is 3.10. The molecular formula is C19H15FN2O3. The number of hydrazine groups is 1. The number of benzene rings is 2. The number of halogens is 1. The molecule has 1 aromatic heterocycles. The summed E-state index contributed by atoms with van der Waals surface area (Å²) in [5.74, 6) is -1.33. The van der Waals surface area contributed by atoms with Gasteiger partial charge < -0.3 is 4.42 Å². The van der Waals surface area contributed by atoms with Gasteiger partial charge in [-0.1, -0.05) is 30.3 Å². The van der Waals surface area contributed by atoms with E-state index in [1.165, 1.54) is 18.2 Å². The molecule has 2 aromatic carbocycles. The fraction of sp³-hybridized carbons (Fsp3) is 0.0526. The van der Waals surface area contributed by atoms with Crippen LogP contribution in [0.4, 0.5) is 4.39 Å². The second kappa shape index (κ2) is 7.00. The second-order valence-corrected chi connectivity index (χ2v) is 5.37. The van der Waals surface area contributed by atoms with Gasteiger partial charge >= 0.3 is 5.91 Å². The van der Waals surface area contributed by atoms with Crippen molar-refractivity contribution in [2.45, 2.75) is 6.92 Å². The van der Waals surface area contributed by atoms with Gasteiger partial charge in [0.05, 0.1) is 5.56 Å². The van der Waals surface area contributed by atoms with Crippen molar-refractivity contribution in [2.24, 2.45) is 0 Å². The third kappa shape index (κ3) is 3.58. The molecule has 0 unspecified atom stereocenters. The Kier molecular flexibility index (Phi) is 4.61. The highest BCUT2D eigenvalue weighted by molar-refractivity contribution is 5.98. The van der Waals surface area contributed by atoms with E-state index >= 15 is 0 Å². The summed E-state index contributed by atoms with van der Waals surface area (Å²) in [5, 5.41) is 0. The number of carbonyl (C=O) groups is 2. The van der Waals surface area contributed by atoms with Gasteiger partial charge in [0.2, 0.25) is 0 Å². The van der Waals surface area contributed by atoms with Crippen molar-refractivity contribution in [1.82, 2.24) is 10.9 Å². The first-order valence-electron chi connectivity index (χ1n) is 7.57. The summed E-state index contributed by atoms with van der Waals surface area (Å²) < 4.78 is 19.1. The summed E-state index contributed by atoms with van der Waals surface area (Å²) in [6.07, 6.45) is 0. The van der Waals surface area contributed by atoms with E-state index < -0.39 is 17.6 Å². The Bertz CT molecular complexity index is 934. The molecule has 0 spiro atoms. The van der Waals surface area contributed by atoms with Crippen molar-refractivity contribution < 1.29 is 18.4 Å². The third-order valence-corrected chi connectivity index (χ3v) is 3.65. The summed E-state index contributed by atoms with van der Waals surface area (Å²) >= 11 is 0. The van der Waals surface area contributed by atoms with E-state index in [4.69, 9.17) is 4.42 Å². The van der Waals surface area contributed by atoms with Crippen LogP contribution in [0.15, 0.2) is 65.1 Å². The number of hydrogen-bond donors (Lipinski definition) is 2. The van der Waals surface area contributed by atoms with E-state index in [2.05, 4.69) is 10.9 Å². The zero-order valence-electron chi connectivity index (χ0n) is 13.4. The molecule has 0 radical (unpaired) electrons. The molecule has 0 fully saturated rings. The van der Waals surface area contributed by atoms with Crippen LogP contribution in [-0.2, 0) is 0 Å².